The van der Waals surface area contributed by atoms with Gasteiger partial charge in [-0.25, -0.2) is 18.3 Å². The standard InChI is InChI=1S/C30H38F2N6O3S/c1-2-34-42(40,41)36-25-10-14-37(20-25)12-4-13-38(29(39)35-24-7-8-27(31)28(32)17-24)26-9-11-30(18-23(30)16-26)22-6-3-5-21(15-22)19-33/h3,5-8,15,17,23,25-26,34,36H,2,4,9-14,16,18,20H2,1H3,(H,35,39)/t23?,25?,26-,30-/m1/s1. The van der Waals surface area contributed by atoms with E-state index in [1.165, 1.54) is 11.6 Å². The topological polar surface area (TPSA) is 118 Å². The minimum atomic E-state index is -3.52. The molecule has 42 heavy (non-hydrogen) atoms. The van der Waals surface area contributed by atoms with Gasteiger partial charge in [0.2, 0.25) is 0 Å². The van der Waals surface area contributed by atoms with Crippen LogP contribution in [0.5, 0.6) is 0 Å². The molecular formula is C30H38F2N6O3S. The molecule has 12 heteroatoms. The number of amides is 2. The largest absolute Gasteiger partial charge is 0.322 e. The van der Waals surface area contributed by atoms with E-state index in [1.54, 1.807) is 6.92 Å². The molecule has 2 amide bonds. The number of fused-ring (bicyclic) bond motifs is 1. The molecule has 3 fully saturated rings. The van der Waals surface area contributed by atoms with Crippen molar-refractivity contribution in [2.75, 3.05) is 38.0 Å². The van der Waals surface area contributed by atoms with Crippen molar-refractivity contribution >= 4 is 21.9 Å². The normalized spacial score (nSPS) is 25.4. The van der Waals surface area contributed by atoms with Gasteiger partial charge in [-0.2, -0.15) is 18.4 Å². The summed E-state index contributed by atoms with van der Waals surface area (Å²) >= 11 is 0. The Balaban J connectivity index is 1.22. The summed E-state index contributed by atoms with van der Waals surface area (Å²) in [6.07, 6.45) is 4.97. The van der Waals surface area contributed by atoms with Crippen LogP contribution in [0.1, 0.15) is 56.6 Å². The zero-order chi connectivity index (χ0) is 29.9. The number of urea groups is 1. The van der Waals surface area contributed by atoms with Gasteiger partial charge in [-0.3, -0.25) is 0 Å². The van der Waals surface area contributed by atoms with Crippen molar-refractivity contribution in [1.82, 2.24) is 19.2 Å². The summed E-state index contributed by atoms with van der Waals surface area (Å²) in [5.74, 6) is -1.58. The van der Waals surface area contributed by atoms with E-state index in [0.29, 0.717) is 50.5 Å². The average Bonchev–Trinajstić information content (AvgIpc) is 3.55. The molecule has 0 bridgehead atoms. The molecule has 2 unspecified atom stereocenters. The predicted octanol–water partition coefficient (Wildman–Crippen LogP) is 4.09. The van der Waals surface area contributed by atoms with Crippen molar-refractivity contribution in [2.24, 2.45) is 5.92 Å². The smallest absolute Gasteiger partial charge is 0.321 e. The first-order valence-corrected chi connectivity index (χ1v) is 16.1. The van der Waals surface area contributed by atoms with Crippen LogP contribution in [0.3, 0.4) is 0 Å². The van der Waals surface area contributed by atoms with E-state index in [2.05, 4.69) is 31.8 Å². The Morgan fingerprint density at radius 1 is 1.19 bits per heavy atom. The van der Waals surface area contributed by atoms with E-state index in [4.69, 9.17) is 0 Å². The third-order valence-electron chi connectivity index (χ3n) is 8.95. The van der Waals surface area contributed by atoms with Crippen molar-refractivity contribution in [3.05, 3.63) is 65.2 Å². The van der Waals surface area contributed by atoms with Crippen molar-refractivity contribution in [3.8, 4) is 6.07 Å². The summed E-state index contributed by atoms with van der Waals surface area (Å²) in [5.41, 5.74) is 2.09. The van der Waals surface area contributed by atoms with Crippen LogP contribution in [0.4, 0.5) is 19.3 Å². The van der Waals surface area contributed by atoms with E-state index in [0.717, 1.165) is 44.4 Å². The lowest BCUT2D eigenvalue weighted by Crippen LogP contribution is -2.46. The molecule has 3 N–H and O–H groups in total. The number of rotatable bonds is 11. The van der Waals surface area contributed by atoms with Gasteiger partial charge in [-0.05, 0) is 92.8 Å². The number of hydrogen-bond acceptors (Lipinski definition) is 5. The highest BCUT2D eigenvalue weighted by molar-refractivity contribution is 7.87. The third kappa shape index (κ3) is 6.92. The zero-order valence-electron chi connectivity index (χ0n) is 23.8. The number of nitrogens with one attached hydrogen (secondary N) is 3. The Kier molecular flexibility index (Phi) is 9.13. The van der Waals surface area contributed by atoms with Gasteiger partial charge in [0.25, 0.3) is 10.2 Å². The Hall–Kier alpha value is -3.11. The van der Waals surface area contributed by atoms with E-state index < -0.39 is 21.8 Å². The first-order valence-electron chi connectivity index (χ1n) is 14.6. The van der Waals surface area contributed by atoms with E-state index in [-0.39, 0.29) is 29.2 Å². The molecule has 3 aliphatic rings. The summed E-state index contributed by atoms with van der Waals surface area (Å²) < 4.78 is 56.6. The van der Waals surface area contributed by atoms with E-state index in [1.807, 2.05) is 23.1 Å². The predicted molar refractivity (Wildman–Crippen MR) is 156 cm³/mol. The maximum Gasteiger partial charge on any atom is 0.322 e. The number of hydrogen-bond donors (Lipinski definition) is 3. The summed E-state index contributed by atoms with van der Waals surface area (Å²) in [7, 11) is -3.52. The molecule has 1 heterocycles. The number of benzene rings is 2. The maximum absolute atomic E-state index is 13.8. The van der Waals surface area contributed by atoms with Gasteiger partial charge in [0.15, 0.2) is 11.6 Å². The highest BCUT2D eigenvalue weighted by Gasteiger charge is 2.58. The molecule has 0 radical (unpaired) electrons. The number of halogens is 2. The van der Waals surface area contributed by atoms with E-state index in [9.17, 15) is 27.3 Å². The van der Waals surface area contributed by atoms with Crippen LogP contribution < -0.4 is 14.8 Å². The van der Waals surface area contributed by atoms with Crippen LogP contribution in [-0.4, -0.2) is 69.1 Å². The van der Waals surface area contributed by atoms with Gasteiger partial charge >= 0.3 is 6.03 Å². The minimum absolute atomic E-state index is 0.00618. The van der Waals surface area contributed by atoms with Gasteiger partial charge in [-0.15, -0.1) is 0 Å². The lowest BCUT2D eigenvalue weighted by Gasteiger charge is -2.37. The number of nitrogens with zero attached hydrogens (tertiary/aromatic N) is 3. The Morgan fingerprint density at radius 3 is 2.76 bits per heavy atom. The van der Waals surface area contributed by atoms with Crippen LogP contribution in [0.15, 0.2) is 42.5 Å². The Labute approximate surface area is 246 Å². The molecule has 5 rings (SSSR count). The Bertz CT molecular complexity index is 1450. The van der Waals surface area contributed by atoms with Crippen LogP contribution in [0, 0.1) is 28.9 Å². The second-order valence-electron chi connectivity index (χ2n) is 11.7. The molecule has 9 nitrogen and oxygen atoms in total. The number of anilines is 1. The van der Waals surface area contributed by atoms with Gasteiger partial charge in [0, 0.05) is 43.5 Å². The lowest BCUT2D eigenvalue weighted by molar-refractivity contribution is 0.155. The highest BCUT2D eigenvalue weighted by Crippen LogP contribution is 2.62. The molecule has 0 spiro atoms. The quantitative estimate of drug-likeness (QED) is 0.359. The van der Waals surface area contributed by atoms with Gasteiger partial charge in [0.1, 0.15) is 0 Å². The molecule has 226 valence electrons. The van der Waals surface area contributed by atoms with Crippen LogP contribution >= 0.6 is 0 Å². The van der Waals surface area contributed by atoms with Gasteiger partial charge < -0.3 is 15.1 Å². The molecule has 2 aliphatic carbocycles. The molecule has 2 aromatic carbocycles. The number of likely N-dealkylation sites (tertiary alicyclic amines) is 1. The molecule has 2 saturated carbocycles. The molecule has 0 aromatic heterocycles. The zero-order valence-corrected chi connectivity index (χ0v) is 24.6. The molecule has 1 saturated heterocycles. The monoisotopic (exact) mass is 600 g/mol. The fourth-order valence-electron chi connectivity index (χ4n) is 6.81. The first kappa shape index (κ1) is 30.4. The van der Waals surface area contributed by atoms with Gasteiger partial charge in [0.05, 0.1) is 11.6 Å². The summed E-state index contributed by atoms with van der Waals surface area (Å²) in [4.78, 5) is 17.5. The number of carbonyl (C=O) groups excluding carboxylic acids is 1. The van der Waals surface area contributed by atoms with Crippen LogP contribution in [0.2, 0.25) is 0 Å². The first-order chi connectivity index (χ1) is 20.1. The molecule has 4 atom stereocenters. The summed E-state index contributed by atoms with van der Waals surface area (Å²) in [5, 5.41) is 12.1. The highest BCUT2D eigenvalue weighted by atomic mass is 32.2. The number of carbonyl (C=O) groups is 1. The SMILES string of the molecule is CCNS(=O)(=O)NC1CCN(CCCN(C(=O)Nc2ccc(F)c(F)c2)[C@@H]2CC[C@]3(c4cccc(C#N)c4)CC3C2)C1. The fourth-order valence-corrected chi connectivity index (χ4v) is 7.91. The average molecular weight is 601 g/mol. The summed E-state index contributed by atoms with van der Waals surface area (Å²) in [6.45, 7) is 4.60. The Morgan fingerprint density at radius 2 is 2.02 bits per heavy atom. The van der Waals surface area contributed by atoms with Crippen molar-refractivity contribution in [2.45, 2.75) is 62.9 Å². The second kappa shape index (κ2) is 12.6. The van der Waals surface area contributed by atoms with Gasteiger partial charge in [-0.1, -0.05) is 19.1 Å². The van der Waals surface area contributed by atoms with Crippen molar-refractivity contribution in [1.29, 1.82) is 5.26 Å². The lowest BCUT2D eigenvalue weighted by atomic mass is 9.80. The van der Waals surface area contributed by atoms with E-state index >= 15 is 0 Å². The second-order valence-corrected chi connectivity index (χ2v) is 13.2. The van der Waals surface area contributed by atoms with Crippen LogP contribution in [0.25, 0.3) is 0 Å². The number of nitriles is 1. The fraction of sp³-hybridized carbons (Fsp3) is 0.533. The van der Waals surface area contributed by atoms with Crippen LogP contribution in [-0.2, 0) is 15.6 Å². The maximum atomic E-state index is 13.8. The molecule has 2 aromatic rings. The molecule has 1 aliphatic heterocycles. The summed E-state index contributed by atoms with van der Waals surface area (Å²) in [6, 6.07) is 12.9. The third-order valence-corrected chi connectivity index (χ3v) is 10.3. The van der Waals surface area contributed by atoms with Crippen molar-refractivity contribution in [3.63, 3.8) is 0 Å². The minimum Gasteiger partial charge on any atom is -0.321 e. The molecular weight excluding hydrogens is 562 g/mol. The van der Waals surface area contributed by atoms with Crippen molar-refractivity contribution < 1.29 is 22.0 Å².